The Morgan fingerprint density at radius 2 is 2.00 bits per heavy atom. The number of carbonyl (C=O) groups is 4. The molecule has 28 heavy (non-hydrogen) atoms. The summed E-state index contributed by atoms with van der Waals surface area (Å²) in [5, 5.41) is 4.68. The van der Waals surface area contributed by atoms with Crippen molar-refractivity contribution in [3.63, 3.8) is 0 Å². The largest absolute Gasteiger partial charge is 0.455 e. The van der Waals surface area contributed by atoms with Gasteiger partial charge in [-0.2, -0.15) is 0 Å². The number of ether oxygens (including phenoxy) is 1. The van der Waals surface area contributed by atoms with Crippen LogP contribution in [0.15, 0.2) is 18.2 Å². The third-order valence-electron chi connectivity index (χ3n) is 4.91. The summed E-state index contributed by atoms with van der Waals surface area (Å²) in [7, 11) is 0. The van der Waals surface area contributed by atoms with Crippen molar-refractivity contribution in [1.82, 2.24) is 10.6 Å². The SMILES string of the molecule is CC[C@@H](C)NC(=O)NC(=O)COC(=O)[C@@H]1CC(=O)N(c2cccc(C)c2C)C1. The van der Waals surface area contributed by atoms with E-state index in [4.69, 9.17) is 4.74 Å². The van der Waals surface area contributed by atoms with Gasteiger partial charge in [-0.15, -0.1) is 0 Å². The zero-order chi connectivity index (χ0) is 20.8. The number of anilines is 1. The first-order chi connectivity index (χ1) is 13.2. The molecule has 1 heterocycles. The number of urea groups is 1. The highest BCUT2D eigenvalue weighted by Gasteiger charge is 2.37. The Balaban J connectivity index is 1.87. The topological polar surface area (TPSA) is 105 Å². The smallest absolute Gasteiger partial charge is 0.321 e. The van der Waals surface area contributed by atoms with E-state index in [1.165, 1.54) is 0 Å². The van der Waals surface area contributed by atoms with Crippen LogP contribution in [0.2, 0.25) is 0 Å². The quantitative estimate of drug-likeness (QED) is 0.722. The van der Waals surface area contributed by atoms with Crippen molar-refractivity contribution in [1.29, 1.82) is 0 Å². The molecular weight excluding hydrogens is 362 g/mol. The molecule has 0 spiro atoms. The first-order valence-corrected chi connectivity index (χ1v) is 9.36. The summed E-state index contributed by atoms with van der Waals surface area (Å²) >= 11 is 0. The van der Waals surface area contributed by atoms with Crippen LogP contribution < -0.4 is 15.5 Å². The number of imide groups is 1. The number of amides is 4. The highest BCUT2D eigenvalue weighted by molar-refractivity contribution is 6.00. The fraction of sp³-hybridized carbons (Fsp3) is 0.500. The van der Waals surface area contributed by atoms with Crippen LogP contribution in [0.5, 0.6) is 0 Å². The predicted octanol–water partition coefficient (Wildman–Crippen LogP) is 1.82. The molecule has 1 saturated heterocycles. The van der Waals surface area contributed by atoms with E-state index in [0.29, 0.717) is 0 Å². The standard InChI is InChI=1S/C20H27N3O5/c1-5-13(3)21-20(27)22-17(24)11-28-19(26)15-9-18(25)23(10-15)16-8-6-7-12(2)14(16)4/h6-8,13,15H,5,9-11H2,1-4H3,(H2,21,22,24,27)/t13-,15-/m1/s1. The fourth-order valence-electron chi connectivity index (χ4n) is 2.91. The van der Waals surface area contributed by atoms with Crippen LogP contribution in [0.3, 0.4) is 0 Å². The summed E-state index contributed by atoms with van der Waals surface area (Å²) in [6, 6.07) is 4.97. The number of hydrogen-bond acceptors (Lipinski definition) is 5. The number of rotatable bonds is 6. The molecule has 0 saturated carbocycles. The van der Waals surface area contributed by atoms with Gasteiger partial charge in [0.15, 0.2) is 6.61 Å². The van der Waals surface area contributed by atoms with Crippen molar-refractivity contribution >= 4 is 29.5 Å². The molecule has 8 nitrogen and oxygen atoms in total. The summed E-state index contributed by atoms with van der Waals surface area (Å²) in [4.78, 5) is 49.5. The molecule has 0 unspecified atom stereocenters. The van der Waals surface area contributed by atoms with Gasteiger partial charge in [0.05, 0.1) is 5.92 Å². The average Bonchev–Trinajstić information content (AvgIpc) is 3.03. The number of benzene rings is 1. The van der Waals surface area contributed by atoms with Gasteiger partial charge in [-0.05, 0) is 44.4 Å². The molecule has 1 aliphatic rings. The van der Waals surface area contributed by atoms with Crippen LogP contribution in [-0.4, -0.2) is 43.0 Å². The zero-order valence-corrected chi connectivity index (χ0v) is 16.7. The first kappa shape index (κ1) is 21.4. The summed E-state index contributed by atoms with van der Waals surface area (Å²) in [6.07, 6.45) is 0.756. The Morgan fingerprint density at radius 3 is 2.68 bits per heavy atom. The van der Waals surface area contributed by atoms with Gasteiger partial charge >= 0.3 is 12.0 Å². The van der Waals surface area contributed by atoms with Crippen LogP contribution in [0.25, 0.3) is 0 Å². The molecule has 0 bridgehead atoms. The highest BCUT2D eigenvalue weighted by atomic mass is 16.5. The maximum absolute atomic E-state index is 12.4. The zero-order valence-electron chi connectivity index (χ0n) is 16.7. The number of carbonyl (C=O) groups excluding carboxylic acids is 4. The van der Waals surface area contributed by atoms with Crippen molar-refractivity contribution in [3.8, 4) is 0 Å². The lowest BCUT2D eigenvalue weighted by atomic mass is 10.1. The second kappa shape index (κ2) is 9.34. The molecule has 2 N–H and O–H groups in total. The number of nitrogens with zero attached hydrogens (tertiary/aromatic N) is 1. The molecule has 0 aliphatic carbocycles. The predicted molar refractivity (Wildman–Crippen MR) is 104 cm³/mol. The van der Waals surface area contributed by atoms with Gasteiger partial charge in [-0.3, -0.25) is 19.7 Å². The van der Waals surface area contributed by atoms with Gasteiger partial charge in [-0.1, -0.05) is 19.1 Å². The van der Waals surface area contributed by atoms with Crippen LogP contribution >= 0.6 is 0 Å². The minimum Gasteiger partial charge on any atom is -0.455 e. The molecule has 0 radical (unpaired) electrons. The molecule has 2 atom stereocenters. The van der Waals surface area contributed by atoms with E-state index in [1.54, 1.807) is 4.90 Å². The maximum Gasteiger partial charge on any atom is 0.321 e. The third-order valence-corrected chi connectivity index (χ3v) is 4.91. The average molecular weight is 389 g/mol. The summed E-state index contributed by atoms with van der Waals surface area (Å²) in [5.74, 6) is -2.15. The van der Waals surface area contributed by atoms with Crippen molar-refractivity contribution in [3.05, 3.63) is 29.3 Å². The molecule has 0 aromatic heterocycles. The lowest BCUT2D eigenvalue weighted by Gasteiger charge is -2.20. The van der Waals surface area contributed by atoms with Gasteiger partial charge in [0.25, 0.3) is 5.91 Å². The van der Waals surface area contributed by atoms with E-state index in [1.807, 2.05) is 45.9 Å². The van der Waals surface area contributed by atoms with E-state index in [-0.39, 0.29) is 24.9 Å². The van der Waals surface area contributed by atoms with Crippen LogP contribution in [0, 0.1) is 19.8 Å². The van der Waals surface area contributed by atoms with Crippen molar-refractivity contribution in [2.75, 3.05) is 18.1 Å². The van der Waals surface area contributed by atoms with Gasteiger partial charge in [0.2, 0.25) is 5.91 Å². The van der Waals surface area contributed by atoms with Crippen LogP contribution in [0.4, 0.5) is 10.5 Å². The summed E-state index contributed by atoms with van der Waals surface area (Å²) in [6.45, 7) is 7.24. The van der Waals surface area contributed by atoms with Gasteiger partial charge < -0.3 is 15.0 Å². The van der Waals surface area contributed by atoms with Crippen LogP contribution in [0.1, 0.15) is 37.8 Å². The lowest BCUT2D eigenvalue weighted by Crippen LogP contribution is -2.44. The van der Waals surface area contributed by atoms with Crippen molar-refractivity contribution in [2.24, 2.45) is 5.92 Å². The molecule has 2 rings (SSSR count). The summed E-state index contributed by atoms with van der Waals surface area (Å²) < 4.78 is 5.00. The van der Waals surface area contributed by atoms with E-state index in [0.717, 1.165) is 23.2 Å². The number of hydrogen-bond donors (Lipinski definition) is 2. The Kier molecular flexibility index (Phi) is 7.14. The Hall–Kier alpha value is -2.90. The normalized spacial score (nSPS) is 17.2. The second-order valence-electron chi connectivity index (χ2n) is 7.06. The number of esters is 1. The molecule has 1 aromatic rings. The van der Waals surface area contributed by atoms with Gasteiger partial charge in [0, 0.05) is 24.7 Å². The Bertz CT molecular complexity index is 777. The molecular formula is C20H27N3O5. The van der Waals surface area contributed by atoms with E-state index in [9.17, 15) is 19.2 Å². The molecule has 8 heteroatoms. The molecule has 1 fully saturated rings. The molecule has 4 amide bonds. The first-order valence-electron chi connectivity index (χ1n) is 9.36. The third kappa shape index (κ3) is 5.31. The minimum absolute atomic E-state index is 0.0301. The van der Waals surface area contributed by atoms with Gasteiger partial charge in [0.1, 0.15) is 0 Å². The van der Waals surface area contributed by atoms with Crippen molar-refractivity contribution < 1.29 is 23.9 Å². The monoisotopic (exact) mass is 389 g/mol. The Labute approximate surface area is 164 Å². The van der Waals surface area contributed by atoms with Crippen LogP contribution in [-0.2, 0) is 19.1 Å². The van der Waals surface area contributed by atoms with E-state index < -0.39 is 30.4 Å². The summed E-state index contributed by atoms with van der Waals surface area (Å²) in [5.41, 5.74) is 2.82. The van der Waals surface area contributed by atoms with Crippen molar-refractivity contribution in [2.45, 2.75) is 46.6 Å². The van der Waals surface area contributed by atoms with E-state index >= 15 is 0 Å². The molecule has 152 valence electrons. The van der Waals surface area contributed by atoms with E-state index in [2.05, 4.69) is 10.6 Å². The number of nitrogens with one attached hydrogen (secondary N) is 2. The molecule has 1 aliphatic heterocycles. The second-order valence-corrected chi connectivity index (χ2v) is 7.06. The number of aryl methyl sites for hydroxylation is 1. The highest BCUT2D eigenvalue weighted by Crippen LogP contribution is 2.29. The maximum atomic E-state index is 12.4. The Morgan fingerprint density at radius 1 is 1.29 bits per heavy atom. The van der Waals surface area contributed by atoms with Gasteiger partial charge in [-0.25, -0.2) is 4.79 Å². The molecule has 1 aromatic carbocycles. The lowest BCUT2D eigenvalue weighted by molar-refractivity contribution is -0.152. The fourth-order valence-corrected chi connectivity index (χ4v) is 2.91. The minimum atomic E-state index is -0.718.